The van der Waals surface area contributed by atoms with Crippen molar-refractivity contribution in [3.8, 4) is 5.75 Å². The van der Waals surface area contributed by atoms with Crippen molar-refractivity contribution >= 4 is 5.97 Å². The zero-order valence-electron chi connectivity index (χ0n) is 11.8. The van der Waals surface area contributed by atoms with Crippen LogP contribution in [0.3, 0.4) is 0 Å². The van der Waals surface area contributed by atoms with E-state index < -0.39 is 12.0 Å². The van der Waals surface area contributed by atoms with E-state index in [1.807, 2.05) is 12.1 Å². The summed E-state index contributed by atoms with van der Waals surface area (Å²) in [5, 5.41) is 8.93. The first-order chi connectivity index (χ1) is 9.60. The minimum atomic E-state index is -0.890. The Balaban J connectivity index is 1.83. The average Bonchev–Trinajstić information content (AvgIpc) is 2.48. The number of ether oxygens (including phenoxy) is 1. The van der Waals surface area contributed by atoms with E-state index in [9.17, 15) is 4.79 Å². The molecule has 1 heterocycles. The van der Waals surface area contributed by atoms with Gasteiger partial charge in [0.25, 0.3) is 0 Å². The fourth-order valence-corrected chi connectivity index (χ4v) is 2.66. The highest BCUT2D eigenvalue weighted by Crippen LogP contribution is 2.22. The molecular formula is C15H22N2O3. The number of piperidine rings is 1. The Labute approximate surface area is 119 Å². The van der Waals surface area contributed by atoms with Crippen molar-refractivity contribution in [3.05, 3.63) is 29.8 Å². The van der Waals surface area contributed by atoms with Crippen LogP contribution in [0.4, 0.5) is 0 Å². The Bertz CT molecular complexity index is 439. The summed E-state index contributed by atoms with van der Waals surface area (Å²) >= 11 is 0. The van der Waals surface area contributed by atoms with E-state index >= 15 is 0 Å². The molecule has 1 unspecified atom stereocenters. The van der Waals surface area contributed by atoms with Gasteiger partial charge in [0, 0.05) is 6.54 Å². The maximum Gasteiger partial charge on any atom is 0.320 e. The minimum Gasteiger partial charge on any atom is -0.497 e. The van der Waals surface area contributed by atoms with E-state index in [1.165, 1.54) is 5.56 Å². The lowest BCUT2D eigenvalue weighted by molar-refractivity contribution is -0.140. The van der Waals surface area contributed by atoms with Crippen LogP contribution in [-0.2, 0) is 11.3 Å². The van der Waals surface area contributed by atoms with Crippen molar-refractivity contribution < 1.29 is 14.6 Å². The Hall–Kier alpha value is -1.59. The topological polar surface area (TPSA) is 75.8 Å². The van der Waals surface area contributed by atoms with Crippen LogP contribution in [0.25, 0.3) is 0 Å². The molecule has 1 aliphatic rings. The zero-order valence-corrected chi connectivity index (χ0v) is 11.8. The van der Waals surface area contributed by atoms with Crippen molar-refractivity contribution in [2.24, 2.45) is 11.7 Å². The van der Waals surface area contributed by atoms with Crippen molar-refractivity contribution in [1.82, 2.24) is 4.90 Å². The van der Waals surface area contributed by atoms with Crippen LogP contribution in [0.5, 0.6) is 5.75 Å². The minimum absolute atomic E-state index is 0.0969. The van der Waals surface area contributed by atoms with Gasteiger partial charge in [-0.15, -0.1) is 0 Å². The summed E-state index contributed by atoms with van der Waals surface area (Å²) in [5.41, 5.74) is 6.93. The maximum absolute atomic E-state index is 10.9. The molecule has 0 bridgehead atoms. The predicted octanol–water partition coefficient (Wildman–Crippen LogP) is 1.32. The van der Waals surface area contributed by atoms with Crippen molar-refractivity contribution in [2.45, 2.75) is 25.4 Å². The van der Waals surface area contributed by atoms with Gasteiger partial charge in [-0.25, -0.2) is 0 Å². The molecule has 2 rings (SSSR count). The van der Waals surface area contributed by atoms with Gasteiger partial charge in [-0.05, 0) is 49.5 Å². The van der Waals surface area contributed by atoms with E-state index in [4.69, 9.17) is 15.6 Å². The smallest absolute Gasteiger partial charge is 0.320 e. The number of hydrogen-bond donors (Lipinski definition) is 2. The molecule has 110 valence electrons. The number of nitrogens with zero attached hydrogens (tertiary/aromatic N) is 1. The van der Waals surface area contributed by atoms with Gasteiger partial charge >= 0.3 is 5.97 Å². The molecule has 1 fully saturated rings. The second kappa shape index (κ2) is 6.72. The second-order valence-electron chi connectivity index (χ2n) is 5.33. The van der Waals surface area contributed by atoms with Gasteiger partial charge in [0.05, 0.1) is 7.11 Å². The van der Waals surface area contributed by atoms with Crippen LogP contribution < -0.4 is 10.5 Å². The molecule has 0 amide bonds. The maximum atomic E-state index is 10.9. The van der Waals surface area contributed by atoms with Crippen LogP contribution in [0.1, 0.15) is 18.4 Å². The van der Waals surface area contributed by atoms with Gasteiger partial charge < -0.3 is 15.6 Å². The molecule has 20 heavy (non-hydrogen) atoms. The van der Waals surface area contributed by atoms with E-state index in [0.29, 0.717) is 0 Å². The lowest BCUT2D eigenvalue weighted by atomic mass is 9.90. The van der Waals surface area contributed by atoms with Gasteiger partial charge in [-0.1, -0.05) is 12.1 Å². The number of likely N-dealkylation sites (tertiary alicyclic amines) is 1. The number of carboxylic acid groups (broad SMARTS) is 1. The Morgan fingerprint density at radius 2 is 2.00 bits per heavy atom. The molecule has 1 saturated heterocycles. The normalized spacial score (nSPS) is 18.7. The van der Waals surface area contributed by atoms with Crippen LogP contribution >= 0.6 is 0 Å². The summed E-state index contributed by atoms with van der Waals surface area (Å²) in [6, 6.07) is 7.32. The molecule has 5 heteroatoms. The molecule has 1 atom stereocenters. The lowest BCUT2D eigenvalue weighted by Crippen LogP contribution is -2.44. The molecule has 1 aromatic rings. The summed E-state index contributed by atoms with van der Waals surface area (Å²) in [7, 11) is 1.66. The van der Waals surface area contributed by atoms with Gasteiger partial charge in [-0.2, -0.15) is 0 Å². The number of nitrogens with two attached hydrogens (primary N) is 1. The monoisotopic (exact) mass is 278 g/mol. The molecule has 0 spiro atoms. The number of methoxy groups -OCH3 is 1. The first kappa shape index (κ1) is 14.8. The molecule has 3 N–H and O–H groups in total. The van der Waals surface area contributed by atoms with Gasteiger partial charge in [-0.3, -0.25) is 9.69 Å². The number of carbonyl (C=O) groups is 1. The quantitative estimate of drug-likeness (QED) is 0.849. The van der Waals surface area contributed by atoms with Crippen molar-refractivity contribution in [1.29, 1.82) is 0 Å². The number of hydrogen-bond acceptors (Lipinski definition) is 4. The SMILES string of the molecule is COc1ccc(CN2CCC(C(N)C(=O)O)CC2)cc1. The Kier molecular flexibility index (Phi) is 4.98. The molecule has 0 saturated carbocycles. The number of aliphatic carboxylic acids is 1. The zero-order chi connectivity index (χ0) is 14.5. The Morgan fingerprint density at radius 1 is 1.40 bits per heavy atom. The molecular weight excluding hydrogens is 256 g/mol. The molecule has 0 radical (unpaired) electrons. The van der Waals surface area contributed by atoms with Crippen LogP contribution in [0.2, 0.25) is 0 Å². The van der Waals surface area contributed by atoms with E-state index in [2.05, 4.69) is 17.0 Å². The van der Waals surface area contributed by atoms with Gasteiger partial charge in [0.2, 0.25) is 0 Å². The third-order valence-corrected chi connectivity index (χ3v) is 3.99. The molecule has 0 aliphatic carbocycles. The molecule has 1 aliphatic heterocycles. The lowest BCUT2D eigenvalue weighted by Gasteiger charge is -2.33. The highest BCUT2D eigenvalue weighted by atomic mass is 16.5. The summed E-state index contributed by atoms with van der Waals surface area (Å²) in [5.74, 6) is 0.0677. The second-order valence-corrected chi connectivity index (χ2v) is 5.33. The number of benzene rings is 1. The standard InChI is InChI=1S/C15H22N2O3/c1-20-13-4-2-11(3-5-13)10-17-8-6-12(7-9-17)14(16)15(18)19/h2-5,12,14H,6-10,16H2,1H3,(H,18,19). The summed E-state index contributed by atoms with van der Waals surface area (Å²) in [4.78, 5) is 13.2. The number of carboxylic acids is 1. The predicted molar refractivity (Wildman–Crippen MR) is 76.6 cm³/mol. The van der Waals surface area contributed by atoms with E-state index in [0.717, 1.165) is 38.2 Å². The van der Waals surface area contributed by atoms with Crippen LogP contribution in [0.15, 0.2) is 24.3 Å². The third-order valence-electron chi connectivity index (χ3n) is 3.99. The summed E-state index contributed by atoms with van der Waals surface area (Å²) in [6.07, 6.45) is 1.70. The van der Waals surface area contributed by atoms with Crippen molar-refractivity contribution in [2.75, 3.05) is 20.2 Å². The largest absolute Gasteiger partial charge is 0.497 e. The molecule has 0 aromatic heterocycles. The summed E-state index contributed by atoms with van der Waals surface area (Å²) in [6.45, 7) is 2.69. The first-order valence-electron chi connectivity index (χ1n) is 6.94. The van der Waals surface area contributed by atoms with Gasteiger partial charge in [0.15, 0.2) is 0 Å². The Morgan fingerprint density at radius 3 is 2.50 bits per heavy atom. The van der Waals surface area contributed by atoms with Crippen LogP contribution in [-0.4, -0.2) is 42.2 Å². The van der Waals surface area contributed by atoms with Crippen LogP contribution in [0, 0.1) is 5.92 Å². The average molecular weight is 278 g/mol. The van der Waals surface area contributed by atoms with Crippen molar-refractivity contribution in [3.63, 3.8) is 0 Å². The number of rotatable bonds is 5. The molecule has 1 aromatic carbocycles. The highest BCUT2D eigenvalue weighted by Gasteiger charge is 2.28. The fraction of sp³-hybridized carbons (Fsp3) is 0.533. The van der Waals surface area contributed by atoms with E-state index in [-0.39, 0.29) is 5.92 Å². The summed E-state index contributed by atoms with van der Waals surface area (Å²) < 4.78 is 5.14. The first-order valence-corrected chi connectivity index (χ1v) is 6.94. The fourth-order valence-electron chi connectivity index (χ4n) is 2.66. The highest BCUT2D eigenvalue weighted by molar-refractivity contribution is 5.73. The van der Waals surface area contributed by atoms with Gasteiger partial charge in [0.1, 0.15) is 11.8 Å². The third kappa shape index (κ3) is 3.71. The molecule has 5 nitrogen and oxygen atoms in total. The van der Waals surface area contributed by atoms with E-state index in [1.54, 1.807) is 7.11 Å².